The summed E-state index contributed by atoms with van der Waals surface area (Å²) in [4.78, 5) is 0. The maximum absolute atomic E-state index is 9.25. The van der Waals surface area contributed by atoms with Crippen molar-refractivity contribution >= 4 is 0 Å². The Morgan fingerprint density at radius 3 is 2.09 bits per heavy atom. The molecule has 0 radical (unpaired) electrons. The van der Waals surface area contributed by atoms with Gasteiger partial charge >= 0.3 is 0 Å². The highest BCUT2D eigenvalue weighted by atomic mass is 16.8. The first-order valence-corrected chi connectivity index (χ1v) is 3.85. The highest BCUT2D eigenvalue weighted by molar-refractivity contribution is 4.85. The van der Waals surface area contributed by atoms with E-state index in [1.165, 1.54) is 0 Å². The van der Waals surface area contributed by atoms with Gasteiger partial charge in [-0.2, -0.15) is 0 Å². The first-order valence-electron chi connectivity index (χ1n) is 3.85. The lowest BCUT2D eigenvalue weighted by Crippen LogP contribution is -2.23. The number of fused-ring (bicyclic) bond motifs is 1. The lowest BCUT2D eigenvalue weighted by molar-refractivity contribution is -0.0960. The Balaban J connectivity index is 1.96. The summed E-state index contributed by atoms with van der Waals surface area (Å²) in [6.45, 7) is 0.571. The molecule has 1 saturated heterocycles. The van der Waals surface area contributed by atoms with Gasteiger partial charge in [-0.3, -0.25) is 0 Å². The Kier molecular flexibility index (Phi) is 2.09. The van der Waals surface area contributed by atoms with Crippen LogP contribution >= 0.6 is 0 Å². The maximum atomic E-state index is 9.25. The molecule has 1 aliphatic carbocycles. The van der Waals surface area contributed by atoms with Crippen LogP contribution in [0.5, 0.6) is 0 Å². The second-order valence-corrected chi connectivity index (χ2v) is 2.98. The Morgan fingerprint density at radius 2 is 1.55 bits per heavy atom. The van der Waals surface area contributed by atoms with E-state index in [0.29, 0.717) is 12.8 Å². The van der Waals surface area contributed by atoms with Crippen LogP contribution in [-0.4, -0.2) is 37.0 Å². The van der Waals surface area contributed by atoms with Gasteiger partial charge < -0.3 is 19.3 Å². The summed E-state index contributed by atoms with van der Waals surface area (Å²) in [5.74, 6) is 0. The van der Waals surface area contributed by atoms with Crippen molar-refractivity contribution in [1.82, 2.24) is 0 Å². The van der Waals surface area contributed by atoms with E-state index in [-0.39, 0.29) is 31.9 Å². The molecule has 2 aliphatic rings. The first-order chi connectivity index (χ1) is 5.36. The number of aliphatic hydroxyl groups excluding tert-OH is 1. The Labute approximate surface area is 65.1 Å². The summed E-state index contributed by atoms with van der Waals surface area (Å²) in [7, 11) is 0. The van der Waals surface area contributed by atoms with Gasteiger partial charge in [0.25, 0.3) is 0 Å². The normalized spacial score (nSPS) is 45.0. The van der Waals surface area contributed by atoms with Gasteiger partial charge in [-0.05, 0) is 0 Å². The molecule has 0 aromatic rings. The third kappa shape index (κ3) is 1.54. The third-order valence-corrected chi connectivity index (χ3v) is 2.15. The number of hydrogen-bond acceptors (Lipinski definition) is 4. The van der Waals surface area contributed by atoms with Crippen molar-refractivity contribution in [2.75, 3.05) is 13.6 Å². The Hall–Kier alpha value is -0.160. The van der Waals surface area contributed by atoms with E-state index < -0.39 is 0 Å². The number of rotatable bonds is 0. The zero-order valence-corrected chi connectivity index (χ0v) is 6.23. The highest BCUT2D eigenvalue weighted by Crippen LogP contribution is 2.26. The lowest BCUT2D eigenvalue weighted by Gasteiger charge is -2.13. The Morgan fingerprint density at radius 1 is 1.00 bits per heavy atom. The van der Waals surface area contributed by atoms with Crippen molar-refractivity contribution in [3.8, 4) is 0 Å². The summed E-state index contributed by atoms with van der Waals surface area (Å²) >= 11 is 0. The van der Waals surface area contributed by atoms with Gasteiger partial charge in [0.2, 0.25) is 0 Å². The molecule has 2 unspecified atom stereocenters. The maximum Gasteiger partial charge on any atom is 0.150 e. The molecule has 2 fully saturated rings. The van der Waals surface area contributed by atoms with Crippen LogP contribution in [0.4, 0.5) is 0 Å². The molecule has 0 amide bonds. The number of ether oxygens (including phenoxy) is 3. The summed E-state index contributed by atoms with van der Waals surface area (Å²) in [6.07, 6.45) is 1.16. The molecule has 1 aliphatic heterocycles. The molecule has 1 N–H and O–H groups in total. The lowest BCUT2D eigenvalue weighted by atomic mass is 10.3. The van der Waals surface area contributed by atoms with E-state index >= 15 is 0 Å². The summed E-state index contributed by atoms with van der Waals surface area (Å²) in [5, 5.41) is 9.25. The van der Waals surface area contributed by atoms with E-state index in [4.69, 9.17) is 14.2 Å². The van der Waals surface area contributed by atoms with E-state index in [1.807, 2.05) is 0 Å². The summed E-state index contributed by atoms with van der Waals surface area (Å²) < 4.78 is 15.5. The van der Waals surface area contributed by atoms with Crippen LogP contribution in [0.15, 0.2) is 0 Å². The largest absolute Gasteiger partial charge is 0.393 e. The zero-order chi connectivity index (χ0) is 7.68. The molecule has 64 valence electrons. The number of hydrogen-bond donors (Lipinski definition) is 1. The molecule has 4 heteroatoms. The van der Waals surface area contributed by atoms with E-state index in [1.54, 1.807) is 0 Å². The quantitative estimate of drug-likeness (QED) is 0.535. The molecule has 0 aromatic heterocycles. The SMILES string of the molecule is OC1CC2OCOCOC2C1. The molecular formula is C7H12O4. The van der Waals surface area contributed by atoms with E-state index in [9.17, 15) is 5.11 Å². The smallest absolute Gasteiger partial charge is 0.150 e. The minimum atomic E-state index is -0.261. The molecular weight excluding hydrogens is 148 g/mol. The fourth-order valence-electron chi connectivity index (χ4n) is 1.59. The van der Waals surface area contributed by atoms with Crippen molar-refractivity contribution in [3.05, 3.63) is 0 Å². The molecule has 1 saturated carbocycles. The van der Waals surface area contributed by atoms with Gasteiger partial charge in [0.15, 0.2) is 0 Å². The zero-order valence-electron chi connectivity index (χ0n) is 6.23. The molecule has 0 spiro atoms. The predicted molar refractivity (Wildman–Crippen MR) is 35.8 cm³/mol. The topological polar surface area (TPSA) is 47.9 Å². The third-order valence-electron chi connectivity index (χ3n) is 2.15. The van der Waals surface area contributed by atoms with Gasteiger partial charge in [0.05, 0.1) is 18.3 Å². The molecule has 2 atom stereocenters. The van der Waals surface area contributed by atoms with Gasteiger partial charge in [-0.15, -0.1) is 0 Å². The van der Waals surface area contributed by atoms with Crippen LogP contribution < -0.4 is 0 Å². The molecule has 0 aromatic carbocycles. The fourth-order valence-corrected chi connectivity index (χ4v) is 1.59. The summed E-state index contributed by atoms with van der Waals surface area (Å²) in [5.41, 5.74) is 0. The molecule has 1 heterocycles. The van der Waals surface area contributed by atoms with Gasteiger partial charge in [-0.25, -0.2) is 0 Å². The van der Waals surface area contributed by atoms with Crippen LogP contribution in [0.1, 0.15) is 12.8 Å². The van der Waals surface area contributed by atoms with Crippen molar-refractivity contribution in [2.45, 2.75) is 31.2 Å². The van der Waals surface area contributed by atoms with Gasteiger partial charge in [0.1, 0.15) is 13.6 Å². The second-order valence-electron chi connectivity index (χ2n) is 2.98. The van der Waals surface area contributed by atoms with Crippen molar-refractivity contribution in [3.63, 3.8) is 0 Å². The minimum Gasteiger partial charge on any atom is -0.393 e. The number of aliphatic hydroxyl groups is 1. The van der Waals surface area contributed by atoms with Crippen LogP contribution in [0.2, 0.25) is 0 Å². The monoisotopic (exact) mass is 160 g/mol. The van der Waals surface area contributed by atoms with E-state index in [0.717, 1.165) is 0 Å². The molecule has 11 heavy (non-hydrogen) atoms. The van der Waals surface area contributed by atoms with Crippen LogP contribution in [0.25, 0.3) is 0 Å². The molecule has 4 nitrogen and oxygen atoms in total. The molecule has 0 bridgehead atoms. The second kappa shape index (κ2) is 3.06. The fraction of sp³-hybridized carbons (Fsp3) is 1.00. The Bertz CT molecular complexity index is 124. The predicted octanol–water partition coefficient (Wildman–Crippen LogP) is -0.143. The van der Waals surface area contributed by atoms with Crippen molar-refractivity contribution in [1.29, 1.82) is 0 Å². The summed E-state index contributed by atoms with van der Waals surface area (Å²) in [6, 6.07) is 0. The first kappa shape index (κ1) is 7.49. The van der Waals surface area contributed by atoms with Gasteiger partial charge in [-0.1, -0.05) is 0 Å². The van der Waals surface area contributed by atoms with E-state index in [2.05, 4.69) is 0 Å². The van der Waals surface area contributed by atoms with Crippen LogP contribution in [0.3, 0.4) is 0 Å². The van der Waals surface area contributed by atoms with Gasteiger partial charge in [0, 0.05) is 12.8 Å². The standard InChI is InChI=1S/C7H12O4/c8-5-1-6-7(2-5)11-4-9-3-10-6/h5-8H,1-4H2. The molecule has 2 rings (SSSR count). The minimum absolute atomic E-state index is 0.0347. The van der Waals surface area contributed by atoms with Crippen molar-refractivity contribution in [2.24, 2.45) is 0 Å². The van der Waals surface area contributed by atoms with Crippen molar-refractivity contribution < 1.29 is 19.3 Å². The highest BCUT2D eigenvalue weighted by Gasteiger charge is 2.36. The average Bonchev–Trinajstić information content (AvgIpc) is 2.17. The average molecular weight is 160 g/mol. The van der Waals surface area contributed by atoms with Crippen LogP contribution in [-0.2, 0) is 14.2 Å². The van der Waals surface area contributed by atoms with Crippen LogP contribution in [0, 0.1) is 0 Å².